The molecule has 0 fully saturated rings. The average Bonchev–Trinajstić information content (AvgIpc) is 2.05. The van der Waals surface area contributed by atoms with Gasteiger partial charge in [0.1, 0.15) is 0 Å². The van der Waals surface area contributed by atoms with Crippen molar-refractivity contribution in [1.82, 2.24) is 0 Å². The first-order valence-corrected chi connectivity index (χ1v) is 5.39. The van der Waals surface area contributed by atoms with Crippen molar-refractivity contribution in [3.05, 3.63) is 29.8 Å². The van der Waals surface area contributed by atoms with E-state index in [1.807, 2.05) is 23.5 Å². The lowest BCUT2D eigenvalue weighted by Gasteiger charge is -2.13. The Balaban J connectivity index is 2.41. The van der Waals surface area contributed by atoms with Crippen LogP contribution < -0.4 is 0 Å². The predicted molar refractivity (Wildman–Crippen MR) is 48.5 cm³/mol. The Bertz CT molecular complexity index is 207. The lowest BCUT2D eigenvalue weighted by Crippen LogP contribution is -1.90. The van der Waals surface area contributed by atoms with Gasteiger partial charge in [-0.2, -0.15) is 0 Å². The fourth-order valence-electron chi connectivity index (χ4n) is 1.02. The van der Waals surface area contributed by atoms with Crippen LogP contribution >= 0.6 is 23.5 Å². The molecule has 2 heteroatoms. The fraction of sp³-hybridized carbons (Fsp3) is 0.250. The first-order chi connectivity index (χ1) is 4.97. The van der Waals surface area contributed by atoms with Crippen molar-refractivity contribution in [3.63, 3.8) is 0 Å². The van der Waals surface area contributed by atoms with Gasteiger partial charge in [0, 0.05) is 15.7 Å². The Labute approximate surface area is 69.4 Å². The Morgan fingerprint density at radius 1 is 1.20 bits per heavy atom. The van der Waals surface area contributed by atoms with E-state index in [1.54, 1.807) is 0 Å². The molecule has 0 saturated carbocycles. The summed E-state index contributed by atoms with van der Waals surface area (Å²) in [5.41, 5.74) is 1.50. The maximum absolute atomic E-state index is 2.22. The second-order valence-corrected chi connectivity index (χ2v) is 4.59. The average molecular weight is 168 g/mol. The Morgan fingerprint density at radius 2 is 2.10 bits per heavy atom. The molecule has 0 nitrogen and oxygen atoms in total. The van der Waals surface area contributed by atoms with Crippen LogP contribution in [-0.2, 0) is 5.75 Å². The van der Waals surface area contributed by atoms with Gasteiger partial charge in [0.25, 0.3) is 0 Å². The zero-order chi connectivity index (χ0) is 6.81. The summed E-state index contributed by atoms with van der Waals surface area (Å²) in [7, 11) is 0. The van der Waals surface area contributed by atoms with Crippen LogP contribution in [0, 0.1) is 0 Å². The molecule has 1 aliphatic rings. The quantitative estimate of drug-likeness (QED) is 0.584. The first kappa shape index (κ1) is 6.62. The normalized spacial score (nSPS) is 16.4. The maximum Gasteiger partial charge on any atom is 0.0442 e. The third-order valence-electron chi connectivity index (χ3n) is 1.53. The van der Waals surface area contributed by atoms with Gasteiger partial charge in [-0.05, 0) is 11.6 Å². The highest BCUT2D eigenvalue weighted by atomic mass is 32.2. The summed E-state index contributed by atoms with van der Waals surface area (Å²) in [6.45, 7) is 0. The van der Waals surface area contributed by atoms with E-state index in [2.05, 4.69) is 24.3 Å². The van der Waals surface area contributed by atoms with Gasteiger partial charge in [-0.15, -0.1) is 23.5 Å². The minimum absolute atomic E-state index is 1.20. The van der Waals surface area contributed by atoms with E-state index in [4.69, 9.17) is 0 Å². The largest absolute Gasteiger partial charge is 0.146 e. The van der Waals surface area contributed by atoms with Crippen LogP contribution in [0.4, 0.5) is 0 Å². The minimum atomic E-state index is 1.20. The third kappa shape index (κ3) is 1.18. The molecule has 0 aliphatic carbocycles. The molecule has 10 heavy (non-hydrogen) atoms. The molecule has 0 atom stereocenters. The molecule has 52 valence electrons. The standard InChI is InChI=1S/C8H8S2/c1-2-4-8-7(3-1)5-9-6-10-8/h1-4H,5-6H2. The summed E-state index contributed by atoms with van der Waals surface area (Å²) in [6, 6.07) is 8.65. The van der Waals surface area contributed by atoms with Crippen molar-refractivity contribution < 1.29 is 0 Å². The smallest absolute Gasteiger partial charge is 0.0442 e. The molecule has 1 aliphatic heterocycles. The van der Waals surface area contributed by atoms with Crippen molar-refractivity contribution in [2.24, 2.45) is 0 Å². The molecule has 0 aromatic heterocycles. The molecule has 0 amide bonds. The minimum Gasteiger partial charge on any atom is -0.146 e. The van der Waals surface area contributed by atoms with E-state index in [9.17, 15) is 0 Å². The van der Waals surface area contributed by atoms with Crippen LogP contribution in [0.1, 0.15) is 5.56 Å². The molecule has 0 radical (unpaired) electrons. The van der Waals surface area contributed by atoms with Crippen LogP contribution in [0.25, 0.3) is 0 Å². The maximum atomic E-state index is 2.22. The monoisotopic (exact) mass is 168 g/mol. The van der Waals surface area contributed by atoms with Crippen molar-refractivity contribution in [2.75, 3.05) is 5.08 Å². The Hall–Kier alpha value is -0.0800. The van der Waals surface area contributed by atoms with Gasteiger partial charge in [0.2, 0.25) is 0 Å². The molecular formula is C8H8S2. The number of thioether (sulfide) groups is 2. The van der Waals surface area contributed by atoms with Crippen LogP contribution in [0.15, 0.2) is 29.2 Å². The Morgan fingerprint density at radius 3 is 3.00 bits per heavy atom. The van der Waals surface area contributed by atoms with Gasteiger partial charge in [0.05, 0.1) is 0 Å². The highest BCUT2D eigenvalue weighted by molar-refractivity contribution is 8.16. The molecule has 0 N–H and O–H groups in total. The third-order valence-corrected chi connectivity index (χ3v) is 3.89. The van der Waals surface area contributed by atoms with Crippen molar-refractivity contribution in [2.45, 2.75) is 10.6 Å². The summed E-state index contributed by atoms with van der Waals surface area (Å²) in [6.07, 6.45) is 0. The SMILES string of the molecule is c1ccc2c(c1)CSCS2. The summed E-state index contributed by atoms with van der Waals surface area (Å²) >= 11 is 3.95. The van der Waals surface area contributed by atoms with Gasteiger partial charge < -0.3 is 0 Å². The molecule has 0 bridgehead atoms. The molecule has 0 spiro atoms. The lowest BCUT2D eigenvalue weighted by atomic mass is 10.2. The van der Waals surface area contributed by atoms with Crippen LogP contribution in [0.2, 0.25) is 0 Å². The molecule has 1 aromatic carbocycles. The van der Waals surface area contributed by atoms with E-state index in [0.29, 0.717) is 0 Å². The highest BCUT2D eigenvalue weighted by Crippen LogP contribution is 2.34. The van der Waals surface area contributed by atoms with Crippen LogP contribution in [-0.4, -0.2) is 5.08 Å². The molecule has 0 saturated heterocycles. The second kappa shape index (κ2) is 2.89. The van der Waals surface area contributed by atoms with Crippen molar-refractivity contribution >= 4 is 23.5 Å². The van der Waals surface area contributed by atoms with E-state index in [0.717, 1.165) is 0 Å². The fourth-order valence-corrected chi connectivity index (χ4v) is 3.26. The number of hydrogen-bond donors (Lipinski definition) is 0. The second-order valence-electron chi connectivity index (χ2n) is 2.22. The number of hydrogen-bond acceptors (Lipinski definition) is 2. The van der Waals surface area contributed by atoms with Crippen LogP contribution in [0.5, 0.6) is 0 Å². The molecular weight excluding hydrogens is 160 g/mol. The van der Waals surface area contributed by atoms with E-state index in [-0.39, 0.29) is 0 Å². The molecule has 1 heterocycles. The topological polar surface area (TPSA) is 0 Å². The van der Waals surface area contributed by atoms with Crippen molar-refractivity contribution in [1.29, 1.82) is 0 Å². The zero-order valence-electron chi connectivity index (χ0n) is 5.54. The highest BCUT2D eigenvalue weighted by Gasteiger charge is 2.06. The van der Waals surface area contributed by atoms with E-state index >= 15 is 0 Å². The van der Waals surface area contributed by atoms with Gasteiger partial charge >= 0.3 is 0 Å². The number of fused-ring (bicyclic) bond motifs is 1. The lowest BCUT2D eigenvalue weighted by molar-refractivity contribution is 1.26. The predicted octanol–water partition coefficient (Wildman–Crippen LogP) is 2.98. The molecule has 0 unspecified atom stereocenters. The zero-order valence-corrected chi connectivity index (χ0v) is 7.17. The summed E-state index contributed by atoms with van der Waals surface area (Å²) < 4.78 is 0. The summed E-state index contributed by atoms with van der Waals surface area (Å²) in [5.74, 6) is 1.20. The van der Waals surface area contributed by atoms with Crippen LogP contribution in [0.3, 0.4) is 0 Å². The van der Waals surface area contributed by atoms with E-state index in [1.165, 1.54) is 21.3 Å². The first-order valence-electron chi connectivity index (χ1n) is 3.25. The molecule has 1 aromatic rings. The summed E-state index contributed by atoms with van der Waals surface area (Å²) in [4.78, 5) is 1.47. The number of benzene rings is 1. The summed E-state index contributed by atoms with van der Waals surface area (Å²) in [5, 5.41) is 1.22. The molecule has 2 rings (SSSR count). The van der Waals surface area contributed by atoms with Gasteiger partial charge in [-0.25, -0.2) is 0 Å². The van der Waals surface area contributed by atoms with Gasteiger partial charge in [-0.1, -0.05) is 18.2 Å². The number of rotatable bonds is 0. The van der Waals surface area contributed by atoms with E-state index < -0.39 is 0 Å². The Kier molecular flexibility index (Phi) is 1.91. The van der Waals surface area contributed by atoms with Gasteiger partial charge in [0.15, 0.2) is 0 Å². The van der Waals surface area contributed by atoms with Gasteiger partial charge in [-0.3, -0.25) is 0 Å². The van der Waals surface area contributed by atoms with Crippen molar-refractivity contribution in [3.8, 4) is 0 Å².